The lowest BCUT2D eigenvalue weighted by molar-refractivity contribution is -0.120. The monoisotopic (exact) mass is 463 g/mol. The van der Waals surface area contributed by atoms with Gasteiger partial charge < -0.3 is 10.6 Å². The Balaban J connectivity index is 1.45. The number of rotatable bonds is 7. The minimum atomic E-state index is -0.830. The molecule has 3 aromatic rings. The number of imide groups is 1. The van der Waals surface area contributed by atoms with Gasteiger partial charge in [-0.1, -0.05) is 60.1 Å². The molecule has 3 aromatic carbocycles. The molecule has 4 rings (SSSR count). The normalized spacial score (nSPS) is 13.5. The first-order valence-electron chi connectivity index (χ1n) is 10.2. The third-order valence-corrected chi connectivity index (χ3v) is 5.41. The zero-order valence-electron chi connectivity index (χ0n) is 17.3. The summed E-state index contributed by atoms with van der Waals surface area (Å²) in [7, 11) is 0. The van der Waals surface area contributed by atoms with Gasteiger partial charge in [-0.15, -0.1) is 0 Å². The van der Waals surface area contributed by atoms with Crippen molar-refractivity contribution in [2.24, 2.45) is 0 Å². The van der Waals surface area contributed by atoms with Crippen LogP contribution in [0, 0.1) is 5.82 Å². The number of nitrogens with zero attached hydrogens (tertiary/aromatic N) is 1. The molecule has 0 unspecified atom stereocenters. The second kappa shape index (κ2) is 9.67. The largest absolute Gasteiger partial charge is 0.352 e. The van der Waals surface area contributed by atoms with Crippen LogP contribution in [0.25, 0.3) is 0 Å². The number of para-hydroxylation sites is 1. The molecule has 0 aliphatic carbocycles. The van der Waals surface area contributed by atoms with Gasteiger partial charge in [0.2, 0.25) is 0 Å². The maximum Gasteiger partial charge on any atom is 0.283 e. The van der Waals surface area contributed by atoms with E-state index in [1.807, 2.05) is 30.3 Å². The molecule has 6 nitrogen and oxygen atoms in total. The number of hydrogen-bond donors (Lipinski definition) is 2. The highest BCUT2D eigenvalue weighted by Crippen LogP contribution is 2.31. The fourth-order valence-corrected chi connectivity index (χ4v) is 3.63. The van der Waals surface area contributed by atoms with Crippen molar-refractivity contribution >= 4 is 40.7 Å². The van der Waals surface area contributed by atoms with Gasteiger partial charge in [0.25, 0.3) is 17.7 Å². The van der Waals surface area contributed by atoms with Crippen molar-refractivity contribution in [3.8, 4) is 0 Å². The Bertz CT molecular complexity index is 1260. The van der Waals surface area contributed by atoms with Crippen molar-refractivity contribution in [1.29, 1.82) is 0 Å². The summed E-state index contributed by atoms with van der Waals surface area (Å²) in [5, 5.41) is 5.29. The van der Waals surface area contributed by atoms with E-state index < -0.39 is 17.6 Å². The molecule has 1 aliphatic heterocycles. The number of nitrogens with one attached hydrogen (secondary N) is 2. The molecule has 0 saturated carbocycles. The zero-order valence-corrected chi connectivity index (χ0v) is 18.1. The lowest BCUT2D eigenvalue weighted by atomic mass is 10.1. The summed E-state index contributed by atoms with van der Waals surface area (Å²) in [6.07, 6.45) is 0.690. The van der Waals surface area contributed by atoms with E-state index in [0.29, 0.717) is 29.1 Å². The van der Waals surface area contributed by atoms with Crippen LogP contribution in [0.3, 0.4) is 0 Å². The minimum absolute atomic E-state index is 0.186. The van der Waals surface area contributed by atoms with Gasteiger partial charge in [-0.25, -0.2) is 9.29 Å². The number of hydrogen-bond acceptors (Lipinski definition) is 4. The van der Waals surface area contributed by atoms with E-state index in [0.717, 1.165) is 11.6 Å². The first-order valence-corrected chi connectivity index (χ1v) is 10.6. The fourth-order valence-electron chi connectivity index (χ4n) is 3.41. The van der Waals surface area contributed by atoms with Crippen LogP contribution >= 0.6 is 11.6 Å². The molecule has 3 amide bonds. The minimum Gasteiger partial charge on any atom is -0.352 e. The van der Waals surface area contributed by atoms with Crippen LogP contribution in [-0.2, 0) is 16.0 Å². The van der Waals surface area contributed by atoms with Gasteiger partial charge in [0, 0.05) is 17.8 Å². The third-order valence-electron chi connectivity index (χ3n) is 5.06. The van der Waals surface area contributed by atoms with Crippen molar-refractivity contribution in [2.75, 3.05) is 16.8 Å². The first-order chi connectivity index (χ1) is 16.0. The Morgan fingerprint density at radius 1 is 0.909 bits per heavy atom. The second-order valence-corrected chi connectivity index (χ2v) is 7.66. The highest BCUT2D eigenvalue weighted by atomic mass is 35.5. The van der Waals surface area contributed by atoms with Crippen molar-refractivity contribution < 1.29 is 18.8 Å². The Hall–Kier alpha value is -3.97. The Morgan fingerprint density at radius 2 is 1.64 bits per heavy atom. The number of halogens is 2. The average molecular weight is 464 g/mol. The molecule has 166 valence electrons. The molecule has 0 bridgehead atoms. The van der Waals surface area contributed by atoms with Crippen LogP contribution in [0.15, 0.2) is 89.6 Å². The number of amides is 3. The predicted molar refractivity (Wildman–Crippen MR) is 124 cm³/mol. The molecule has 2 N–H and O–H groups in total. The smallest absolute Gasteiger partial charge is 0.283 e. The molecule has 0 fully saturated rings. The van der Waals surface area contributed by atoms with Gasteiger partial charge in [-0.05, 0) is 42.3 Å². The summed E-state index contributed by atoms with van der Waals surface area (Å²) in [5.74, 6) is -2.62. The predicted octanol–water partition coefficient (Wildman–Crippen LogP) is 4.23. The summed E-state index contributed by atoms with van der Waals surface area (Å²) in [5.41, 5.74) is 1.49. The van der Waals surface area contributed by atoms with E-state index >= 15 is 0 Å². The highest BCUT2D eigenvalue weighted by Gasteiger charge is 2.40. The third kappa shape index (κ3) is 4.78. The van der Waals surface area contributed by atoms with Crippen LogP contribution in [0.5, 0.6) is 0 Å². The van der Waals surface area contributed by atoms with E-state index in [4.69, 9.17) is 11.6 Å². The van der Waals surface area contributed by atoms with Crippen LogP contribution in [0.4, 0.5) is 15.8 Å². The Labute approximate surface area is 194 Å². The highest BCUT2D eigenvalue weighted by molar-refractivity contribution is 6.53. The molecule has 1 aliphatic rings. The van der Waals surface area contributed by atoms with Gasteiger partial charge in [0.05, 0.1) is 5.69 Å². The number of carbonyl (C=O) groups is 3. The summed E-state index contributed by atoms with van der Waals surface area (Å²) in [4.78, 5) is 38.6. The molecular weight excluding hydrogens is 445 g/mol. The molecule has 0 radical (unpaired) electrons. The van der Waals surface area contributed by atoms with Crippen molar-refractivity contribution in [3.05, 3.63) is 107 Å². The maximum absolute atomic E-state index is 14.1. The van der Waals surface area contributed by atoms with Gasteiger partial charge in [-0.2, -0.15) is 0 Å². The molecule has 0 spiro atoms. The summed E-state index contributed by atoms with van der Waals surface area (Å²) in [6.45, 7) is 0.460. The molecule has 0 saturated heterocycles. The van der Waals surface area contributed by atoms with Crippen molar-refractivity contribution in [3.63, 3.8) is 0 Å². The zero-order chi connectivity index (χ0) is 23.4. The molecule has 1 heterocycles. The average Bonchev–Trinajstić information content (AvgIpc) is 3.03. The van der Waals surface area contributed by atoms with E-state index in [1.54, 1.807) is 24.3 Å². The van der Waals surface area contributed by atoms with Gasteiger partial charge >= 0.3 is 0 Å². The van der Waals surface area contributed by atoms with Crippen LogP contribution in [0.2, 0.25) is 0 Å². The topological polar surface area (TPSA) is 78.5 Å². The fraction of sp³-hybridized carbons (Fsp3) is 0.0800. The number of benzene rings is 3. The summed E-state index contributed by atoms with van der Waals surface area (Å²) < 4.78 is 14.1. The van der Waals surface area contributed by atoms with Gasteiger partial charge in [0.1, 0.15) is 16.5 Å². The second-order valence-electron chi connectivity index (χ2n) is 7.28. The molecule has 33 heavy (non-hydrogen) atoms. The molecular formula is C25H19ClFN3O3. The quantitative estimate of drug-likeness (QED) is 0.514. The molecule has 0 aromatic heterocycles. The van der Waals surface area contributed by atoms with Crippen molar-refractivity contribution in [1.82, 2.24) is 5.32 Å². The Morgan fingerprint density at radius 3 is 2.39 bits per heavy atom. The molecule has 8 heteroatoms. The van der Waals surface area contributed by atoms with E-state index in [2.05, 4.69) is 10.6 Å². The standard InChI is InChI=1S/C25H19ClFN3O3/c26-21-22(25(33)30(24(21)32)20-12-5-4-11-19(20)27)29-18-10-6-9-17(15-18)23(31)28-14-13-16-7-2-1-3-8-16/h1-12,15,29H,13-14H2,(H,28,31). The van der Waals surface area contributed by atoms with E-state index in [-0.39, 0.29) is 22.3 Å². The first kappa shape index (κ1) is 22.2. The number of anilines is 2. The van der Waals surface area contributed by atoms with Crippen molar-refractivity contribution in [2.45, 2.75) is 6.42 Å². The Kier molecular flexibility index (Phi) is 6.51. The van der Waals surface area contributed by atoms with Gasteiger partial charge in [-0.3, -0.25) is 14.4 Å². The summed E-state index contributed by atoms with van der Waals surface area (Å²) >= 11 is 6.10. The van der Waals surface area contributed by atoms with Crippen LogP contribution in [0.1, 0.15) is 15.9 Å². The summed E-state index contributed by atoms with van der Waals surface area (Å²) in [6, 6.07) is 21.6. The lowest BCUT2D eigenvalue weighted by Crippen LogP contribution is -2.33. The SMILES string of the molecule is O=C(NCCc1ccccc1)c1cccc(NC2=C(Cl)C(=O)N(c3ccccc3F)C2=O)c1. The van der Waals surface area contributed by atoms with Crippen LogP contribution < -0.4 is 15.5 Å². The van der Waals surface area contributed by atoms with Crippen LogP contribution in [-0.4, -0.2) is 24.3 Å². The van der Waals surface area contributed by atoms with E-state index in [1.165, 1.54) is 18.2 Å². The van der Waals surface area contributed by atoms with Gasteiger partial charge in [0.15, 0.2) is 0 Å². The number of carbonyl (C=O) groups excluding carboxylic acids is 3. The lowest BCUT2D eigenvalue weighted by Gasteiger charge is -2.15. The molecule has 0 atom stereocenters. The maximum atomic E-state index is 14.1. The van der Waals surface area contributed by atoms with E-state index in [9.17, 15) is 18.8 Å².